The molecule has 128 valence electrons. The molecule has 1 fully saturated rings. The molecule has 25 heavy (non-hydrogen) atoms. The number of nitrogens with zero attached hydrogens (tertiary/aromatic N) is 1. The molecule has 0 aliphatic carbocycles. The van der Waals surface area contributed by atoms with Crippen molar-refractivity contribution in [1.29, 1.82) is 0 Å². The van der Waals surface area contributed by atoms with Gasteiger partial charge in [-0.25, -0.2) is 0 Å². The van der Waals surface area contributed by atoms with Gasteiger partial charge >= 0.3 is 0 Å². The highest BCUT2D eigenvalue weighted by Crippen LogP contribution is 2.30. The topological polar surface area (TPSA) is 55.8 Å². The summed E-state index contributed by atoms with van der Waals surface area (Å²) >= 11 is 3.37. The molecule has 4 rings (SSSR count). The van der Waals surface area contributed by atoms with Gasteiger partial charge in [-0.1, -0.05) is 15.9 Å². The van der Waals surface area contributed by atoms with Crippen LogP contribution in [0.4, 0.5) is 0 Å². The molecule has 0 unspecified atom stereocenters. The van der Waals surface area contributed by atoms with E-state index in [-0.39, 0.29) is 17.9 Å². The van der Waals surface area contributed by atoms with Gasteiger partial charge in [0.2, 0.25) is 0 Å². The maximum atomic E-state index is 12.6. The summed E-state index contributed by atoms with van der Waals surface area (Å²) in [5, 5.41) is 0. The Morgan fingerprint density at radius 2 is 1.76 bits per heavy atom. The predicted molar refractivity (Wildman–Crippen MR) is 95.0 cm³/mol. The van der Waals surface area contributed by atoms with Gasteiger partial charge in [0.15, 0.2) is 0 Å². The lowest BCUT2D eigenvalue weighted by Gasteiger charge is -2.17. The van der Waals surface area contributed by atoms with Crippen molar-refractivity contribution in [1.82, 2.24) is 4.90 Å². The molecule has 2 aliphatic rings. The molecule has 0 bridgehead atoms. The number of benzene rings is 2. The first kappa shape index (κ1) is 16.3. The van der Waals surface area contributed by atoms with Crippen molar-refractivity contribution in [3.63, 3.8) is 0 Å². The zero-order valence-corrected chi connectivity index (χ0v) is 15.0. The van der Waals surface area contributed by atoms with Crippen LogP contribution in [0.2, 0.25) is 0 Å². The van der Waals surface area contributed by atoms with Crippen molar-refractivity contribution in [2.24, 2.45) is 0 Å². The molecule has 1 saturated heterocycles. The number of halogens is 1. The van der Waals surface area contributed by atoms with Gasteiger partial charge in [-0.15, -0.1) is 0 Å². The second-order valence-electron chi connectivity index (χ2n) is 6.12. The van der Waals surface area contributed by atoms with E-state index in [4.69, 9.17) is 9.47 Å². The summed E-state index contributed by atoms with van der Waals surface area (Å²) in [6, 6.07) is 12.4. The molecule has 2 aromatic rings. The summed E-state index contributed by atoms with van der Waals surface area (Å²) in [7, 11) is 0. The summed E-state index contributed by atoms with van der Waals surface area (Å²) in [6.45, 7) is 1.01. The first-order valence-corrected chi connectivity index (χ1v) is 8.96. The molecule has 0 radical (unpaired) electrons. The van der Waals surface area contributed by atoms with Crippen LogP contribution in [0.3, 0.4) is 0 Å². The second-order valence-corrected chi connectivity index (χ2v) is 7.03. The van der Waals surface area contributed by atoms with Crippen LogP contribution >= 0.6 is 15.9 Å². The van der Waals surface area contributed by atoms with E-state index < -0.39 is 0 Å². The van der Waals surface area contributed by atoms with Crippen molar-refractivity contribution in [3.8, 4) is 11.5 Å². The molecule has 0 aromatic heterocycles. The fraction of sp³-hybridized carbons (Fsp3) is 0.263. The van der Waals surface area contributed by atoms with Gasteiger partial charge in [-0.2, -0.15) is 0 Å². The number of carbonyl (C=O) groups excluding carboxylic acids is 2. The van der Waals surface area contributed by atoms with E-state index in [1.165, 1.54) is 4.90 Å². The summed E-state index contributed by atoms with van der Waals surface area (Å²) in [5.74, 6) is 0.653. The molecule has 2 amide bonds. The Morgan fingerprint density at radius 1 is 1.04 bits per heavy atom. The molecule has 0 N–H and O–H groups in total. The number of imide groups is 1. The Hall–Kier alpha value is -2.18. The molecule has 0 spiro atoms. The normalized spacial score (nSPS) is 19.4. The van der Waals surface area contributed by atoms with Gasteiger partial charge in [0, 0.05) is 11.1 Å². The zero-order chi connectivity index (χ0) is 17.4. The van der Waals surface area contributed by atoms with Crippen LogP contribution in [0.1, 0.15) is 33.6 Å². The smallest absolute Gasteiger partial charge is 0.261 e. The molecule has 5 nitrogen and oxygen atoms in total. The third-order valence-electron chi connectivity index (χ3n) is 4.40. The monoisotopic (exact) mass is 401 g/mol. The van der Waals surface area contributed by atoms with Gasteiger partial charge in [-0.3, -0.25) is 14.5 Å². The molecule has 6 heteroatoms. The van der Waals surface area contributed by atoms with Gasteiger partial charge in [0.1, 0.15) is 11.5 Å². The maximum absolute atomic E-state index is 12.6. The van der Waals surface area contributed by atoms with Gasteiger partial charge < -0.3 is 9.47 Å². The van der Waals surface area contributed by atoms with Crippen LogP contribution in [0, 0.1) is 0 Å². The minimum atomic E-state index is -0.281. The van der Waals surface area contributed by atoms with E-state index in [9.17, 15) is 9.59 Å². The molecule has 1 atom stereocenters. The SMILES string of the molecule is O=C1c2ccc(Oc3ccc(Br)cc3)cc2C(=O)N1C[C@H]1CCCO1. The molecular weight excluding hydrogens is 386 g/mol. The van der Waals surface area contributed by atoms with E-state index >= 15 is 0 Å². The highest BCUT2D eigenvalue weighted by Gasteiger charge is 2.37. The standard InChI is InChI=1S/C19H16BrNO4/c20-12-3-5-13(6-4-12)25-14-7-8-16-17(10-14)19(23)21(18(16)22)11-15-2-1-9-24-15/h3-8,10,15H,1-2,9,11H2/t15-/m1/s1. The van der Waals surface area contributed by atoms with Gasteiger partial charge in [-0.05, 0) is 55.3 Å². The fourth-order valence-electron chi connectivity index (χ4n) is 3.13. The van der Waals surface area contributed by atoms with Crippen LogP contribution in [-0.2, 0) is 4.74 Å². The average molecular weight is 402 g/mol. The molecule has 2 heterocycles. The minimum absolute atomic E-state index is 0.0549. The van der Waals surface area contributed by atoms with E-state index in [1.54, 1.807) is 18.2 Å². The highest BCUT2D eigenvalue weighted by atomic mass is 79.9. The number of hydrogen-bond donors (Lipinski definition) is 0. The third-order valence-corrected chi connectivity index (χ3v) is 4.93. The maximum Gasteiger partial charge on any atom is 0.261 e. The predicted octanol–water partition coefficient (Wildman–Crippen LogP) is 4.02. The first-order valence-electron chi connectivity index (χ1n) is 8.17. The number of carbonyl (C=O) groups is 2. The van der Waals surface area contributed by atoms with Crippen LogP contribution in [0.15, 0.2) is 46.9 Å². The number of amides is 2. The average Bonchev–Trinajstić information content (AvgIpc) is 3.20. The van der Waals surface area contributed by atoms with Crippen molar-refractivity contribution >= 4 is 27.7 Å². The van der Waals surface area contributed by atoms with E-state index in [0.29, 0.717) is 35.8 Å². The summed E-state index contributed by atoms with van der Waals surface area (Å²) in [5.41, 5.74) is 0.809. The van der Waals surface area contributed by atoms with Crippen LogP contribution < -0.4 is 4.74 Å². The van der Waals surface area contributed by atoms with E-state index in [0.717, 1.165) is 17.3 Å². The quantitative estimate of drug-likeness (QED) is 0.726. The Labute approximate surface area is 153 Å². The third kappa shape index (κ3) is 3.19. The van der Waals surface area contributed by atoms with Crippen LogP contribution in [0.25, 0.3) is 0 Å². The van der Waals surface area contributed by atoms with Crippen molar-refractivity contribution in [2.75, 3.05) is 13.2 Å². The number of hydrogen-bond acceptors (Lipinski definition) is 4. The Bertz CT molecular complexity index is 828. The lowest BCUT2D eigenvalue weighted by atomic mass is 10.1. The minimum Gasteiger partial charge on any atom is -0.457 e. The van der Waals surface area contributed by atoms with Crippen molar-refractivity contribution < 1.29 is 19.1 Å². The van der Waals surface area contributed by atoms with E-state index in [1.807, 2.05) is 24.3 Å². The summed E-state index contributed by atoms with van der Waals surface area (Å²) in [6.07, 6.45) is 1.80. The van der Waals surface area contributed by atoms with Crippen LogP contribution in [0.5, 0.6) is 11.5 Å². The highest BCUT2D eigenvalue weighted by molar-refractivity contribution is 9.10. The summed E-state index contributed by atoms with van der Waals surface area (Å²) < 4.78 is 12.3. The molecule has 0 saturated carbocycles. The van der Waals surface area contributed by atoms with E-state index in [2.05, 4.69) is 15.9 Å². The first-order chi connectivity index (χ1) is 12.1. The lowest BCUT2D eigenvalue weighted by Crippen LogP contribution is -2.36. The summed E-state index contributed by atoms with van der Waals surface area (Å²) in [4.78, 5) is 26.4. The lowest BCUT2D eigenvalue weighted by molar-refractivity contribution is 0.0475. The van der Waals surface area contributed by atoms with Gasteiger partial charge in [0.05, 0.1) is 23.8 Å². The fourth-order valence-corrected chi connectivity index (χ4v) is 3.39. The number of fused-ring (bicyclic) bond motifs is 1. The van der Waals surface area contributed by atoms with Crippen LogP contribution in [-0.4, -0.2) is 36.0 Å². The Kier molecular flexibility index (Phi) is 4.31. The Balaban J connectivity index is 1.55. The number of rotatable bonds is 4. The van der Waals surface area contributed by atoms with Gasteiger partial charge in [0.25, 0.3) is 11.8 Å². The molecule has 2 aliphatic heterocycles. The largest absolute Gasteiger partial charge is 0.457 e. The van der Waals surface area contributed by atoms with Crippen molar-refractivity contribution in [3.05, 3.63) is 58.1 Å². The zero-order valence-electron chi connectivity index (χ0n) is 13.4. The molecular formula is C19H16BrNO4. The second kappa shape index (κ2) is 6.61. The Morgan fingerprint density at radius 3 is 2.48 bits per heavy atom. The molecule has 2 aromatic carbocycles. The van der Waals surface area contributed by atoms with Crippen molar-refractivity contribution in [2.45, 2.75) is 18.9 Å². The number of ether oxygens (including phenoxy) is 2.